The number of hydrogen-bond donors (Lipinski definition) is 1. The minimum atomic E-state index is 0.982. The number of nitrogens with one attached hydrogen (secondary N) is 1. The molecular formula is C15H18N2S. The molecule has 1 aromatic carbocycles. The molecule has 0 bridgehead atoms. The number of anilines is 1. The van der Waals surface area contributed by atoms with E-state index in [4.69, 9.17) is 0 Å². The molecule has 0 atom stereocenters. The van der Waals surface area contributed by atoms with Gasteiger partial charge in [-0.3, -0.25) is 0 Å². The molecule has 1 aliphatic rings. The highest BCUT2D eigenvalue weighted by atomic mass is 32.1. The fourth-order valence-corrected chi connectivity index (χ4v) is 3.35. The average molecular weight is 258 g/mol. The van der Waals surface area contributed by atoms with E-state index >= 15 is 0 Å². The summed E-state index contributed by atoms with van der Waals surface area (Å²) in [5.74, 6) is 0. The third-order valence-corrected chi connectivity index (χ3v) is 4.52. The van der Waals surface area contributed by atoms with Crippen LogP contribution in [-0.2, 0) is 13.1 Å². The second kappa shape index (κ2) is 5.12. The van der Waals surface area contributed by atoms with E-state index in [0.717, 1.165) is 26.2 Å². The van der Waals surface area contributed by atoms with E-state index in [1.54, 1.807) is 0 Å². The van der Waals surface area contributed by atoms with Crippen molar-refractivity contribution in [3.8, 4) is 0 Å². The van der Waals surface area contributed by atoms with Crippen molar-refractivity contribution in [1.82, 2.24) is 5.32 Å². The Labute approximate surface area is 112 Å². The molecule has 2 heterocycles. The van der Waals surface area contributed by atoms with Crippen LogP contribution in [0.25, 0.3) is 0 Å². The van der Waals surface area contributed by atoms with Crippen molar-refractivity contribution in [1.29, 1.82) is 0 Å². The topological polar surface area (TPSA) is 15.3 Å². The largest absolute Gasteiger partial charge is 0.365 e. The van der Waals surface area contributed by atoms with Crippen LogP contribution in [0, 0.1) is 6.92 Å². The lowest BCUT2D eigenvalue weighted by Gasteiger charge is -2.24. The first kappa shape index (κ1) is 11.8. The van der Waals surface area contributed by atoms with Gasteiger partial charge in [0.25, 0.3) is 0 Å². The second-order valence-corrected chi connectivity index (χ2v) is 5.75. The normalized spacial score (nSPS) is 15.3. The number of fused-ring (bicyclic) bond motifs is 1. The molecule has 0 saturated heterocycles. The van der Waals surface area contributed by atoms with Crippen LogP contribution in [-0.4, -0.2) is 13.1 Å². The Hall–Kier alpha value is -1.32. The van der Waals surface area contributed by atoms with Gasteiger partial charge in [-0.15, -0.1) is 11.3 Å². The van der Waals surface area contributed by atoms with Crippen LogP contribution in [0.15, 0.2) is 35.7 Å². The van der Waals surface area contributed by atoms with Crippen LogP contribution < -0.4 is 10.2 Å². The summed E-state index contributed by atoms with van der Waals surface area (Å²) in [5.41, 5.74) is 4.20. The van der Waals surface area contributed by atoms with E-state index in [1.165, 1.54) is 21.7 Å². The lowest BCUT2D eigenvalue weighted by molar-refractivity contribution is 0.689. The number of rotatable bonds is 2. The summed E-state index contributed by atoms with van der Waals surface area (Å²) in [5, 5.41) is 5.68. The Morgan fingerprint density at radius 1 is 1.28 bits per heavy atom. The van der Waals surface area contributed by atoms with E-state index in [2.05, 4.69) is 52.9 Å². The van der Waals surface area contributed by atoms with Gasteiger partial charge < -0.3 is 10.2 Å². The standard InChI is InChI=1S/C15H18N2S/c1-12-6-9-18-15(12)11-17-8-7-16-10-13-4-2-3-5-14(13)17/h2-6,9,16H,7-8,10-11H2,1H3. The van der Waals surface area contributed by atoms with Gasteiger partial charge in [0.05, 0.1) is 6.54 Å². The third kappa shape index (κ3) is 2.28. The van der Waals surface area contributed by atoms with Crippen molar-refractivity contribution in [3.05, 3.63) is 51.7 Å². The molecule has 0 spiro atoms. The number of aryl methyl sites for hydroxylation is 1. The van der Waals surface area contributed by atoms with Crippen molar-refractivity contribution < 1.29 is 0 Å². The predicted molar refractivity (Wildman–Crippen MR) is 78.3 cm³/mol. The number of benzene rings is 1. The molecule has 0 radical (unpaired) electrons. The van der Waals surface area contributed by atoms with Gasteiger partial charge in [0, 0.05) is 30.2 Å². The molecule has 3 heteroatoms. The van der Waals surface area contributed by atoms with Crippen LogP contribution >= 0.6 is 11.3 Å². The Morgan fingerprint density at radius 2 is 2.17 bits per heavy atom. The van der Waals surface area contributed by atoms with E-state index in [9.17, 15) is 0 Å². The number of nitrogens with zero attached hydrogens (tertiary/aromatic N) is 1. The van der Waals surface area contributed by atoms with Crippen molar-refractivity contribution in [2.45, 2.75) is 20.0 Å². The molecule has 2 aromatic rings. The molecule has 0 saturated carbocycles. The number of hydrogen-bond acceptors (Lipinski definition) is 3. The SMILES string of the molecule is Cc1ccsc1CN1CCNCc2ccccc21. The zero-order chi connectivity index (χ0) is 12.4. The van der Waals surface area contributed by atoms with Crippen molar-refractivity contribution in [2.24, 2.45) is 0 Å². The molecule has 94 valence electrons. The summed E-state index contributed by atoms with van der Waals surface area (Å²) in [6.07, 6.45) is 0. The quantitative estimate of drug-likeness (QED) is 0.890. The zero-order valence-electron chi connectivity index (χ0n) is 10.6. The smallest absolute Gasteiger partial charge is 0.0526 e. The van der Waals surface area contributed by atoms with Gasteiger partial charge in [-0.2, -0.15) is 0 Å². The monoisotopic (exact) mass is 258 g/mol. The third-order valence-electron chi connectivity index (χ3n) is 3.51. The molecule has 1 N–H and O–H groups in total. The van der Waals surface area contributed by atoms with Crippen LogP contribution in [0.1, 0.15) is 16.0 Å². The Bertz CT molecular complexity index is 533. The highest BCUT2D eigenvalue weighted by molar-refractivity contribution is 7.10. The highest BCUT2D eigenvalue weighted by Crippen LogP contribution is 2.26. The summed E-state index contributed by atoms with van der Waals surface area (Å²) >= 11 is 1.86. The fraction of sp³-hybridized carbons (Fsp3) is 0.333. The first-order valence-electron chi connectivity index (χ1n) is 6.41. The molecule has 1 aliphatic heterocycles. The minimum absolute atomic E-state index is 0.982. The highest BCUT2D eigenvalue weighted by Gasteiger charge is 2.15. The molecule has 0 unspecified atom stereocenters. The molecule has 3 rings (SSSR count). The predicted octanol–water partition coefficient (Wildman–Crippen LogP) is 3.17. The molecular weight excluding hydrogens is 240 g/mol. The Morgan fingerprint density at radius 3 is 3.00 bits per heavy atom. The van der Waals surface area contributed by atoms with E-state index < -0.39 is 0 Å². The maximum atomic E-state index is 3.49. The first-order chi connectivity index (χ1) is 8.84. The van der Waals surface area contributed by atoms with E-state index in [1.807, 2.05) is 11.3 Å². The summed E-state index contributed by atoms with van der Waals surface area (Å²) in [6.45, 7) is 6.35. The van der Waals surface area contributed by atoms with Gasteiger partial charge in [-0.25, -0.2) is 0 Å². The van der Waals surface area contributed by atoms with Crippen molar-refractivity contribution in [2.75, 3.05) is 18.0 Å². The van der Waals surface area contributed by atoms with Gasteiger partial charge in [0.1, 0.15) is 0 Å². The number of para-hydroxylation sites is 1. The maximum absolute atomic E-state index is 3.49. The lowest BCUT2D eigenvalue weighted by Crippen LogP contribution is -2.28. The first-order valence-corrected chi connectivity index (χ1v) is 7.29. The van der Waals surface area contributed by atoms with Crippen LogP contribution in [0.3, 0.4) is 0 Å². The van der Waals surface area contributed by atoms with Gasteiger partial charge in [-0.1, -0.05) is 18.2 Å². The minimum Gasteiger partial charge on any atom is -0.365 e. The lowest BCUT2D eigenvalue weighted by atomic mass is 10.1. The maximum Gasteiger partial charge on any atom is 0.0526 e. The molecule has 0 amide bonds. The Kier molecular flexibility index (Phi) is 3.35. The number of thiophene rings is 1. The van der Waals surface area contributed by atoms with Crippen LogP contribution in [0.4, 0.5) is 5.69 Å². The van der Waals surface area contributed by atoms with Gasteiger partial charge in [-0.05, 0) is 35.6 Å². The average Bonchev–Trinajstić information content (AvgIpc) is 2.68. The van der Waals surface area contributed by atoms with E-state index in [0.29, 0.717) is 0 Å². The molecule has 0 fully saturated rings. The molecule has 2 nitrogen and oxygen atoms in total. The van der Waals surface area contributed by atoms with E-state index in [-0.39, 0.29) is 0 Å². The molecule has 0 aliphatic carbocycles. The van der Waals surface area contributed by atoms with Crippen LogP contribution in [0.5, 0.6) is 0 Å². The Balaban J connectivity index is 1.90. The van der Waals surface area contributed by atoms with Gasteiger partial charge in [0.15, 0.2) is 0 Å². The second-order valence-electron chi connectivity index (χ2n) is 4.75. The van der Waals surface area contributed by atoms with Gasteiger partial charge in [0.2, 0.25) is 0 Å². The zero-order valence-corrected chi connectivity index (χ0v) is 11.5. The van der Waals surface area contributed by atoms with Crippen molar-refractivity contribution >= 4 is 17.0 Å². The van der Waals surface area contributed by atoms with Crippen molar-refractivity contribution in [3.63, 3.8) is 0 Å². The molecule has 1 aromatic heterocycles. The summed E-state index contributed by atoms with van der Waals surface area (Å²) in [7, 11) is 0. The summed E-state index contributed by atoms with van der Waals surface area (Å²) < 4.78 is 0. The van der Waals surface area contributed by atoms with Crippen LogP contribution in [0.2, 0.25) is 0 Å². The molecule has 18 heavy (non-hydrogen) atoms. The summed E-state index contributed by atoms with van der Waals surface area (Å²) in [6, 6.07) is 10.9. The summed E-state index contributed by atoms with van der Waals surface area (Å²) in [4.78, 5) is 3.97. The fourth-order valence-electron chi connectivity index (χ4n) is 2.43. The van der Waals surface area contributed by atoms with Gasteiger partial charge >= 0.3 is 0 Å².